The van der Waals surface area contributed by atoms with E-state index in [1.807, 2.05) is 6.07 Å². The van der Waals surface area contributed by atoms with E-state index in [4.69, 9.17) is 0 Å². The lowest BCUT2D eigenvalue weighted by molar-refractivity contribution is -0.895. The Morgan fingerprint density at radius 1 is 1.00 bits per heavy atom. The number of benzene rings is 2. The third-order valence-corrected chi connectivity index (χ3v) is 6.76. The maximum Gasteiger partial charge on any atom is 0.416 e. The van der Waals surface area contributed by atoms with Crippen LogP contribution in [0.5, 0.6) is 0 Å². The summed E-state index contributed by atoms with van der Waals surface area (Å²) in [6.45, 7) is 8.03. The molecule has 1 fully saturated rings. The van der Waals surface area contributed by atoms with Crippen molar-refractivity contribution in [2.75, 3.05) is 27.2 Å². The van der Waals surface area contributed by atoms with Crippen molar-refractivity contribution in [3.8, 4) is 11.1 Å². The van der Waals surface area contributed by atoms with Gasteiger partial charge in [-0.05, 0) is 59.6 Å². The van der Waals surface area contributed by atoms with Crippen LogP contribution >= 0.6 is 0 Å². The first kappa shape index (κ1) is 24.5. The van der Waals surface area contributed by atoms with Crippen molar-refractivity contribution >= 4 is 5.78 Å². The molecular formula is C27H35F3NO+. The van der Waals surface area contributed by atoms with Gasteiger partial charge in [-0.2, -0.15) is 13.2 Å². The minimum absolute atomic E-state index is 0.135. The van der Waals surface area contributed by atoms with Crippen LogP contribution in [0.25, 0.3) is 11.1 Å². The molecule has 1 aliphatic heterocycles. The number of hydrogen-bond acceptors (Lipinski definition) is 1. The number of carbonyl (C=O) groups is 1. The summed E-state index contributed by atoms with van der Waals surface area (Å²) in [5.74, 6) is 0.713. The lowest BCUT2D eigenvalue weighted by Crippen LogP contribution is -2.45. The number of piperidine rings is 1. The smallest absolute Gasteiger partial charge is 0.328 e. The maximum absolute atomic E-state index is 13.0. The molecule has 1 atom stereocenters. The Kier molecular flexibility index (Phi) is 7.18. The van der Waals surface area contributed by atoms with Crippen LogP contribution < -0.4 is 0 Å². The Balaban J connectivity index is 2.05. The first-order chi connectivity index (χ1) is 14.9. The second-order valence-corrected chi connectivity index (χ2v) is 10.4. The number of hydrogen-bond donors (Lipinski definition) is 0. The number of ketones is 1. The molecule has 0 spiro atoms. The average Bonchev–Trinajstić information content (AvgIpc) is 2.71. The number of rotatable bonds is 6. The summed E-state index contributed by atoms with van der Waals surface area (Å²) in [6.07, 6.45) is -1.45. The molecule has 3 rings (SSSR count). The number of carbonyl (C=O) groups excluding carboxylic acids is 1. The standard InChI is InChI=1S/C27H35F3NO/c1-18(2)14-26(19(3)32)24-16-22(20-6-8-25(9-7-20)27(28,29)30)15-23(17-24)21-10-12-31(4,5)13-11-21/h6-9,15-18,21,26H,10-14H2,1-5H3/q+1. The van der Waals surface area contributed by atoms with Crippen LogP contribution in [0.15, 0.2) is 42.5 Å². The van der Waals surface area contributed by atoms with E-state index in [2.05, 4.69) is 40.1 Å². The number of alkyl halides is 3. The summed E-state index contributed by atoms with van der Waals surface area (Å²) >= 11 is 0. The van der Waals surface area contributed by atoms with Gasteiger partial charge in [0.25, 0.3) is 0 Å². The van der Waals surface area contributed by atoms with Gasteiger partial charge in [0, 0.05) is 18.8 Å². The van der Waals surface area contributed by atoms with Crippen LogP contribution in [0.2, 0.25) is 0 Å². The lowest BCUT2D eigenvalue weighted by atomic mass is 9.81. The molecule has 1 aliphatic rings. The van der Waals surface area contributed by atoms with E-state index < -0.39 is 11.7 Å². The highest BCUT2D eigenvalue weighted by Gasteiger charge is 2.31. The summed E-state index contributed by atoms with van der Waals surface area (Å²) in [4.78, 5) is 12.5. The fourth-order valence-corrected chi connectivity index (χ4v) is 4.74. The first-order valence-corrected chi connectivity index (χ1v) is 11.5. The van der Waals surface area contributed by atoms with Gasteiger partial charge in [0.1, 0.15) is 5.78 Å². The molecule has 0 aromatic heterocycles. The quantitative estimate of drug-likeness (QED) is 0.435. The molecule has 1 unspecified atom stereocenters. The molecule has 2 nitrogen and oxygen atoms in total. The van der Waals surface area contributed by atoms with Crippen molar-refractivity contribution < 1.29 is 22.4 Å². The van der Waals surface area contributed by atoms with Gasteiger partial charge < -0.3 is 4.48 Å². The van der Waals surface area contributed by atoms with Crippen molar-refractivity contribution in [3.05, 3.63) is 59.2 Å². The third-order valence-electron chi connectivity index (χ3n) is 6.76. The van der Waals surface area contributed by atoms with E-state index in [9.17, 15) is 18.0 Å². The predicted molar refractivity (Wildman–Crippen MR) is 124 cm³/mol. The molecule has 0 N–H and O–H groups in total. The van der Waals surface area contributed by atoms with Gasteiger partial charge in [-0.3, -0.25) is 4.79 Å². The summed E-state index contributed by atoms with van der Waals surface area (Å²) in [5, 5.41) is 0. The molecule has 0 bridgehead atoms. The fraction of sp³-hybridized carbons (Fsp3) is 0.519. The lowest BCUT2D eigenvalue weighted by Gasteiger charge is -2.37. The minimum Gasteiger partial charge on any atom is -0.328 e. The highest BCUT2D eigenvalue weighted by atomic mass is 19.4. The first-order valence-electron chi connectivity index (χ1n) is 11.5. The molecule has 0 radical (unpaired) electrons. The van der Waals surface area contributed by atoms with Crippen LogP contribution in [-0.4, -0.2) is 37.5 Å². The van der Waals surface area contributed by atoms with Crippen molar-refractivity contribution in [2.24, 2.45) is 5.92 Å². The van der Waals surface area contributed by atoms with Crippen LogP contribution in [-0.2, 0) is 11.0 Å². The summed E-state index contributed by atoms with van der Waals surface area (Å²) in [5.41, 5.74) is 3.18. The van der Waals surface area contributed by atoms with Gasteiger partial charge in [-0.25, -0.2) is 0 Å². The normalized spacial score (nSPS) is 18.0. The largest absolute Gasteiger partial charge is 0.416 e. The maximum atomic E-state index is 13.0. The predicted octanol–water partition coefficient (Wildman–Crippen LogP) is 7.04. The second-order valence-electron chi connectivity index (χ2n) is 10.4. The monoisotopic (exact) mass is 446 g/mol. The summed E-state index contributed by atoms with van der Waals surface area (Å²) < 4.78 is 40.1. The van der Waals surface area contributed by atoms with E-state index >= 15 is 0 Å². The second kappa shape index (κ2) is 9.38. The Hall–Kier alpha value is -2.14. The molecular weight excluding hydrogens is 411 g/mol. The van der Waals surface area contributed by atoms with Crippen LogP contribution in [0, 0.1) is 5.92 Å². The number of halogens is 3. The number of Topliss-reactive ketones (excluding diaryl/α,β-unsaturated/α-hetero) is 1. The number of nitrogens with zero attached hydrogens (tertiary/aromatic N) is 1. The SMILES string of the molecule is CC(=O)C(CC(C)C)c1cc(-c2ccc(C(F)(F)F)cc2)cc(C2CC[N+](C)(C)CC2)c1. The molecule has 2 aromatic carbocycles. The van der Waals surface area contributed by atoms with Gasteiger partial charge in [-0.1, -0.05) is 44.2 Å². The average molecular weight is 447 g/mol. The van der Waals surface area contributed by atoms with Gasteiger partial charge in [0.15, 0.2) is 0 Å². The summed E-state index contributed by atoms with van der Waals surface area (Å²) in [7, 11) is 4.49. The van der Waals surface area contributed by atoms with Crippen LogP contribution in [0.1, 0.15) is 68.6 Å². The molecule has 0 amide bonds. The molecule has 0 aliphatic carbocycles. The molecule has 32 heavy (non-hydrogen) atoms. The van der Waals surface area contributed by atoms with Crippen LogP contribution in [0.3, 0.4) is 0 Å². The van der Waals surface area contributed by atoms with E-state index in [0.717, 1.165) is 65.7 Å². The molecule has 0 saturated carbocycles. The van der Waals surface area contributed by atoms with E-state index in [1.165, 1.54) is 17.7 Å². The zero-order chi connectivity index (χ0) is 23.7. The number of likely N-dealkylation sites (tertiary alicyclic amines) is 1. The minimum atomic E-state index is -4.35. The van der Waals surface area contributed by atoms with Crippen molar-refractivity contribution in [3.63, 3.8) is 0 Å². The Morgan fingerprint density at radius 3 is 2.09 bits per heavy atom. The molecule has 2 aromatic rings. The Morgan fingerprint density at radius 2 is 1.59 bits per heavy atom. The van der Waals surface area contributed by atoms with E-state index in [1.54, 1.807) is 6.92 Å². The number of quaternary nitrogens is 1. The van der Waals surface area contributed by atoms with Gasteiger partial charge in [0.2, 0.25) is 0 Å². The van der Waals surface area contributed by atoms with Crippen molar-refractivity contribution in [2.45, 2.75) is 58.0 Å². The molecule has 1 heterocycles. The topological polar surface area (TPSA) is 17.1 Å². The zero-order valence-electron chi connectivity index (χ0n) is 19.8. The van der Waals surface area contributed by atoms with Gasteiger partial charge in [-0.15, -0.1) is 0 Å². The van der Waals surface area contributed by atoms with Gasteiger partial charge >= 0.3 is 6.18 Å². The van der Waals surface area contributed by atoms with Crippen molar-refractivity contribution in [1.82, 2.24) is 0 Å². The Bertz CT molecular complexity index is 934. The fourth-order valence-electron chi connectivity index (χ4n) is 4.74. The summed E-state index contributed by atoms with van der Waals surface area (Å²) in [6, 6.07) is 11.7. The van der Waals surface area contributed by atoms with Gasteiger partial charge in [0.05, 0.1) is 32.7 Å². The third kappa shape index (κ3) is 6.00. The highest BCUT2D eigenvalue weighted by Crippen LogP contribution is 2.37. The van der Waals surface area contributed by atoms with E-state index in [-0.39, 0.29) is 11.7 Å². The van der Waals surface area contributed by atoms with Crippen LogP contribution in [0.4, 0.5) is 13.2 Å². The van der Waals surface area contributed by atoms with E-state index in [0.29, 0.717) is 11.8 Å². The highest BCUT2D eigenvalue weighted by molar-refractivity contribution is 5.84. The Labute approximate surface area is 190 Å². The molecule has 5 heteroatoms. The van der Waals surface area contributed by atoms with Crippen molar-refractivity contribution in [1.29, 1.82) is 0 Å². The zero-order valence-corrected chi connectivity index (χ0v) is 19.8. The molecule has 1 saturated heterocycles. The molecule has 174 valence electrons.